The molecule has 252 valence electrons. The minimum Gasteiger partial charge on any atom is -0.475 e. The number of carbonyl (C=O) groups is 3. The molecular formula is C24H26F9N5O7. The highest BCUT2D eigenvalue weighted by Gasteiger charge is 2.44. The Balaban J connectivity index is 0.000000396. The van der Waals surface area contributed by atoms with Gasteiger partial charge in [0.1, 0.15) is 0 Å². The average molecular weight is 667 g/mol. The lowest BCUT2D eigenvalue weighted by Gasteiger charge is -2.39. The van der Waals surface area contributed by atoms with E-state index in [-0.39, 0.29) is 11.6 Å². The Morgan fingerprint density at radius 3 is 1.84 bits per heavy atom. The highest BCUT2D eigenvalue weighted by Crippen LogP contribution is 2.36. The van der Waals surface area contributed by atoms with Crippen LogP contribution >= 0.6 is 0 Å². The second kappa shape index (κ2) is 16.7. The van der Waals surface area contributed by atoms with Crippen LogP contribution in [0.3, 0.4) is 0 Å². The standard InChI is InChI=1S/C18H23N5O.3C2HF3O2/c1-4-15(11-19-6-1)12-23-9-2-5-18(14-23)10-16(13-24-18)22-17-20-7-3-8-21-17;3*3-2(4,5)1(6)7/h1,3-4,6-8,11,16H,2,5,9-10,12-14H2,(H,20,21,22);3*(H,6,7). The number of halogens is 9. The number of anilines is 1. The maximum atomic E-state index is 10.6. The first-order chi connectivity index (χ1) is 20.6. The fraction of sp³-hybridized carbons (Fsp3) is 0.500. The molecule has 2 aliphatic heterocycles. The van der Waals surface area contributed by atoms with Gasteiger partial charge in [0.2, 0.25) is 5.95 Å². The van der Waals surface area contributed by atoms with E-state index in [9.17, 15) is 39.5 Å². The molecule has 2 atom stereocenters. The molecule has 2 aromatic heterocycles. The first-order valence-electron chi connectivity index (χ1n) is 12.3. The molecule has 4 heterocycles. The molecule has 0 radical (unpaired) electrons. The third kappa shape index (κ3) is 15.3. The van der Waals surface area contributed by atoms with Crippen molar-refractivity contribution in [1.29, 1.82) is 0 Å². The monoisotopic (exact) mass is 667 g/mol. The lowest BCUT2D eigenvalue weighted by molar-refractivity contribution is -0.193. The molecule has 0 aliphatic carbocycles. The molecule has 2 fully saturated rings. The van der Waals surface area contributed by atoms with Crippen LogP contribution < -0.4 is 5.32 Å². The summed E-state index contributed by atoms with van der Waals surface area (Å²) in [6.45, 7) is 3.77. The van der Waals surface area contributed by atoms with Gasteiger partial charge in [-0.2, -0.15) is 39.5 Å². The van der Waals surface area contributed by atoms with Gasteiger partial charge in [-0.15, -0.1) is 0 Å². The SMILES string of the molecule is O=C(O)C(F)(F)F.O=C(O)C(F)(F)F.O=C(O)C(F)(F)F.c1cnc(NC2COC3(CCCN(Cc4cccnc4)C3)C2)nc1. The topological polar surface area (TPSA) is 175 Å². The minimum absolute atomic E-state index is 0.0348. The Morgan fingerprint density at radius 2 is 1.40 bits per heavy atom. The summed E-state index contributed by atoms with van der Waals surface area (Å²) >= 11 is 0. The van der Waals surface area contributed by atoms with Gasteiger partial charge in [-0.25, -0.2) is 24.4 Å². The Hall–Kier alpha value is -4.27. The van der Waals surface area contributed by atoms with E-state index in [1.807, 2.05) is 24.5 Å². The quantitative estimate of drug-likeness (QED) is 0.346. The van der Waals surface area contributed by atoms with Crippen LogP contribution in [0.25, 0.3) is 0 Å². The van der Waals surface area contributed by atoms with Gasteiger partial charge < -0.3 is 25.4 Å². The smallest absolute Gasteiger partial charge is 0.475 e. The van der Waals surface area contributed by atoms with Crippen molar-refractivity contribution in [2.24, 2.45) is 0 Å². The molecule has 4 rings (SSSR count). The van der Waals surface area contributed by atoms with Crippen molar-refractivity contribution in [1.82, 2.24) is 19.9 Å². The maximum Gasteiger partial charge on any atom is 0.490 e. The molecule has 4 N–H and O–H groups in total. The number of rotatable bonds is 4. The number of likely N-dealkylation sites (tertiary alicyclic amines) is 1. The number of hydrogen-bond donors (Lipinski definition) is 4. The number of carboxylic acids is 3. The molecule has 21 heteroatoms. The van der Waals surface area contributed by atoms with Crippen molar-refractivity contribution in [3.63, 3.8) is 0 Å². The molecular weight excluding hydrogens is 641 g/mol. The van der Waals surface area contributed by atoms with Crippen molar-refractivity contribution in [2.45, 2.75) is 56.0 Å². The van der Waals surface area contributed by atoms with Crippen LogP contribution in [0.4, 0.5) is 45.5 Å². The van der Waals surface area contributed by atoms with E-state index in [0.29, 0.717) is 5.95 Å². The number of alkyl halides is 9. The number of ether oxygens (including phenoxy) is 1. The highest BCUT2D eigenvalue weighted by atomic mass is 19.4. The van der Waals surface area contributed by atoms with Crippen LogP contribution in [-0.2, 0) is 25.7 Å². The van der Waals surface area contributed by atoms with Crippen molar-refractivity contribution in [2.75, 3.05) is 25.0 Å². The van der Waals surface area contributed by atoms with E-state index >= 15 is 0 Å². The molecule has 0 saturated carbocycles. The molecule has 2 aliphatic rings. The van der Waals surface area contributed by atoms with Gasteiger partial charge in [0.05, 0.1) is 18.2 Å². The normalized spacial score (nSPS) is 19.9. The largest absolute Gasteiger partial charge is 0.490 e. The van der Waals surface area contributed by atoms with Crippen molar-refractivity contribution < 1.29 is 74.0 Å². The first-order valence-corrected chi connectivity index (χ1v) is 12.3. The lowest BCUT2D eigenvalue weighted by atomic mass is 9.88. The third-order valence-corrected chi connectivity index (χ3v) is 5.58. The fourth-order valence-corrected chi connectivity index (χ4v) is 3.85. The van der Waals surface area contributed by atoms with Gasteiger partial charge in [0.15, 0.2) is 0 Å². The van der Waals surface area contributed by atoms with Gasteiger partial charge in [-0.3, -0.25) is 9.88 Å². The summed E-state index contributed by atoms with van der Waals surface area (Å²) in [6, 6.07) is 6.25. The van der Waals surface area contributed by atoms with Gasteiger partial charge in [0.25, 0.3) is 0 Å². The number of aliphatic carboxylic acids is 3. The second-order valence-corrected chi connectivity index (χ2v) is 9.20. The van der Waals surface area contributed by atoms with Crippen LogP contribution in [0, 0.1) is 0 Å². The number of pyridine rings is 1. The fourth-order valence-electron chi connectivity index (χ4n) is 3.85. The van der Waals surface area contributed by atoms with Gasteiger partial charge in [-0.05, 0) is 37.1 Å². The predicted molar refractivity (Wildman–Crippen MR) is 133 cm³/mol. The Bertz CT molecular complexity index is 1160. The summed E-state index contributed by atoms with van der Waals surface area (Å²) < 4.78 is 101. The van der Waals surface area contributed by atoms with E-state index < -0.39 is 36.4 Å². The minimum atomic E-state index is -5.08. The van der Waals surface area contributed by atoms with Crippen LogP contribution in [0.15, 0.2) is 43.0 Å². The number of hydrogen-bond acceptors (Lipinski definition) is 9. The van der Waals surface area contributed by atoms with E-state index in [2.05, 4.69) is 31.2 Å². The molecule has 0 amide bonds. The number of piperidine rings is 1. The van der Waals surface area contributed by atoms with Crippen molar-refractivity contribution >= 4 is 23.9 Å². The van der Waals surface area contributed by atoms with E-state index in [1.165, 1.54) is 12.0 Å². The van der Waals surface area contributed by atoms with Crippen LogP contribution in [0.2, 0.25) is 0 Å². The number of carboxylic acid groups (broad SMARTS) is 3. The van der Waals surface area contributed by atoms with Crippen LogP contribution in [-0.4, -0.2) is 103 Å². The molecule has 2 saturated heterocycles. The maximum absolute atomic E-state index is 10.6. The second-order valence-electron chi connectivity index (χ2n) is 9.20. The summed E-state index contributed by atoms with van der Waals surface area (Å²) in [5.41, 5.74) is 1.23. The first kappa shape index (κ1) is 38.8. The van der Waals surface area contributed by atoms with Gasteiger partial charge in [-0.1, -0.05) is 6.07 Å². The Morgan fingerprint density at radius 1 is 0.889 bits per heavy atom. The molecule has 0 bridgehead atoms. The summed E-state index contributed by atoms with van der Waals surface area (Å²) in [6.07, 6.45) is -4.64. The Labute approximate surface area is 247 Å². The summed E-state index contributed by atoms with van der Waals surface area (Å²) in [4.78, 5) is 41.9. The number of nitrogens with one attached hydrogen (secondary N) is 1. The predicted octanol–water partition coefficient (Wildman–Crippen LogP) is 4.01. The molecule has 45 heavy (non-hydrogen) atoms. The molecule has 0 aromatic carbocycles. The third-order valence-electron chi connectivity index (χ3n) is 5.58. The summed E-state index contributed by atoms with van der Waals surface area (Å²) in [7, 11) is 0. The molecule has 1 spiro atoms. The zero-order valence-corrected chi connectivity index (χ0v) is 22.7. The zero-order chi connectivity index (χ0) is 34.5. The average Bonchev–Trinajstić information content (AvgIpc) is 3.30. The molecule has 2 unspecified atom stereocenters. The van der Waals surface area contributed by atoms with E-state index in [4.69, 9.17) is 34.4 Å². The van der Waals surface area contributed by atoms with Gasteiger partial charge in [0, 0.05) is 44.3 Å². The Kier molecular flexibility index (Phi) is 14.4. The van der Waals surface area contributed by atoms with E-state index in [1.54, 1.807) is 12.4 Å². The van der Waals surface area contributed by atoms with Crippen LogP contribution in [0.5, 0.6) is 0 Å². The number of nitrogens with zero attached hydrogens (tertiary/aromatic N) is 4. The van der Waals surface area contributed by atoms with Crippen LogP contribution in [0.1, 0.15) is 24.8 Å². The summed E-state index contributed by atoms with van der Waals surface area (Å²) in [5, 5.41) is 24.8. The lowest BCUT2D eigenvalue weighted by Crippen LogP contribution is -2.47. The van der Waals surface area contributed by atoms with Crippen molar-refractivity contribution in [3.8, 4) is 0 Å². The zero-order valence-electron chi connectivity index (χ0n) is 22.7. The molecule has 2 aromatic rings. The van der Waals surface area contributed by atoms with Crippen molar-refractivity contribution in [3.05, 3.63) is 48.5 Å². The van der Waals surface area contributed by atoms with Gasteiger partial charge >= 0.3 is 36.4 Å². The molecule has 12 nitrogen and oxygen atoms in total. The van der Waals surface area contributed by atoms with E-state index in [0.717, 1.165) is 39.1 Å². The summed E-state index contributed by atoms with van der Waals surface area (Å²) in [5.74, 6) is -7.58. The number of aromatic nitrogens is 3. The highest BCUT2D eigenvalue weighted by molar-refractivity contribution is 5.73.